The highest BCUT2D eigenvalue weighted by atomic mass is 35.5. The smallest absolute Gasteiger partial charge is 0.228 e. The molecule has 1 atom stereocenters. The predicted octanol–water partition coefficient (Wildman–Crippen LogP) is 2.95. The average Bonchev–Trinajstić information content (AvgIpc) is 2.90. The normalized spacial score (nSPS) is 23.2. The molecule has 0 aromatic heterocycles. The molecule has 0 saturated carbocycles. The van der Waals surface area contributed by atoms with E-state index in [2.05, 4.69) is 6.92 Å². The van der Waals surface area contributed by atoms with Crippen LogP contribution in [0.15, 0.2) is 24.3 Å². The molecule has 2 aliphatic rings. The number of hydrogen-bond donors (Lipinski definition) is 0. The third-order valence-electron chi connectivity index (χ3n) is 4.71. The van der Waals surface area contributed by atoms with E-state index in [1.54, 1.807) is 17.0 Å². The zero-order valence-electron chi connectivity index (χ0n) is 12.8. The van der Waals surface area contributed by atoms with Gasteiger partial charge in [0.2, 0.25) is 11.8 Å². The molecule has 0 aliphatic carbocycles. The predicted molar refractivity (Wildman–Crippen MR) is 86.9 cm³/mol. The van der Waals surface area contributed by atoms with E-state index < -0.39 is 0 Å². The molecule has 2 aliphatic heterocycles. The van der Waals surface area contributed by atoms with Crippen molar-refractivity contribution in [2.24, 2.45) is 11.8 Å². The lowest BCUT2D eigenvalue weighted by Crippen LogP contribution is -2.42. The highest BCUT2D eigenvalue weighted by Gasteiger charge is 2.37. The van der Waals surface area contributed by atoms with Gasteiger partial charge in [-0.2, -0.15) is 0 Å². The van der Waals surface area contributed by atoms with Crippen LogP contribution in [0.3, 0.4) is 0 Å². The van der Waals surface area contributed by atoms with Crippen molar-refractivity contribution in [2.45, 2.75) is 26.2 Å². The van der Waals surface area contributed by atoms with Crippen molar-refractivity contribution < 1.29 is 9.59 Å². The Morgan fingerprint density at radius 3 is 2.45 bits per heavy atom. The third kappa shape index (κ3) is 3.12. The van der Waals surface area contributed by atoms with Gasteiger partial charge in [0.05, 0.1) is 5.92 Å². The molecule has 2 fully saturated rings. The Morgan fingerprint density at radius 2 is 1.82 bits per heavy atom. The Bertz CT molecular complexity index is 565. The van der Waals surface area contributed by atoms with Crippen LogP contribution in [0.25, 0.3) is 0 Å². The van der Waals surface area contributed by atoms with Crippen molar-refractivity contribution in [1.82, 2.24) is 4.90 Å². The zero-order valence-corrected chi connectivity index (χ0v) is 13.6. The molecule has 0 radical (unpaired) electrons. The Labute approximate surface area is 136 Å². The quantitative estimate of drug-likeness (QED) is 0.840. The number of carbonyl (C=O) groups excluding carboxylic acids is 2. The summed E-state index contributed by atoms with van der Waals surface area (Å²) in [6, 6.07) is 7.20. The largest absolute Gasteiger partial charge is 0.342 e. The van der Waals surface area contributed by atoms with E-state index in [-0.39, 0.29) is 17.7 Å². The number of anilines is 1. The molecule has 4 nitrogen and oxygen atoms in total. The van der Waals surface area contributed by atoms with Gasteiger partial charge in [-0.15, -0.1) is 0 Å². The first-order valence-electron chi connectivity index (χ1n) is 7.89. The van der Waals surface area contributed by atoms with Crippen molar-refractivity contribution in [3.05, 3.63) is 29.3 Å². The van der Waals surface area contributed by atoms with Gasteiger partial charge in [0.25, 0.3) is 0 Å². The van der Waals surface area contributed by atoms with E-state index in [0.717, 1.165) is 31.6 Å². The molecular formula is C17H21ClN2O2. The van der Waals surface area contributed by atoms with Gasteiger partial charge in [-0.1, -0.05) is 18.5 Å². The fraction of sp³-hybridized carbons (Fsp3) is 0.529. The lowest BCUT2D eigenvalue weighted by atomic mass is 9.97. The maximum Gasteiger partial charge on any atom is 0.228 e. The number of halogens is 1. The number of likely N-dealkylation sites (tertiary alicyclic amines) is 1. The number of benzene rings is 1. The van der Waals surface area contributed by atoms with Crippen LogP contribution in [-0.2, 0) is 9.59 Å². The number of amides is 2. The Kier molecular flexibility index (Phi) is 4.39. The Balaban J connectivity index is 1.66. The summed E-state index contributed by atoms with van der Waals surface area (Å²) in [5.41, 5.74) is 0.817. The van der Waals surface area contributed by atoms with Gasteiger partial charge in [-0.05, 0) is 43.0 Å². The summed E-state index contributed by atoms with van der Waals surface area (Å²) in [4.78, 5) is 28.5. The summed E-state index contributed by atoms with van der Waals surface area (Å²) in [7, 11) is 0. The van der Waals surface area contributed by atoms with Gasteiger partial charge in [0.15, 0.2) is 0 Å². The molecule has 0 bridgehead atoms. The van der Waals surface area contributed by atoms with Crippen LogP contribution < -0.4 is 4.90 Å². The number of nitrogens with zero attached hydrogens (tertiary/aromatic N) is 2. The summed E-state index contributed by atoms with van der Waals surface area (Å²) < 4.78 is 0. The minimum absolute atomic E-state index is 0.0195. The lowest BCUT2D eigenvalue weighted by Gasteiger charge is -2.32. The molecule has 22 heavy (non-hydrogen) atoms. The third-order valence-corrected chi connectivity index (χ3v) is 4.96. The summed E-state index contributed by atoms with van der Waals surface area (Å²) in [5.74, 6) is 0.638. The molecule has 5 heteroatoms. The first-order chi connectivity index (χ1) is 10.5. The highest BCUT2D eigenvalue weighted by Crippen LogP contribution is 2.28. The van der Waals surface area contributed by atoms with Crippen molar-refractivity contribution >= 4 is 29.1 Å². The van der Waals surface area contributed by atoms with Gasteiger partial charge >= 0.3 is 0 Å². The van der Waals surface area contributed by atoms with Crippen LogP contribution >= 0.6 is 11.6 Å². The molecule has 2 saturated heterocycles. The molecule has 1 aromatic rings. The molecule has 118 valence electrons. The molecule has 0 spiro atoms. The topological polar surface area (TPSA) is 40.6 Å². The first kappa shape index (κ1) is 15.3. The highest BCUT2D eigenvalue weighted by molar-refractivity contribution is 6.30. The molecule has 0 unspecified atom stereocenters. The van der Waals surface area contributed by atoms with Crippen LogP contribution in [0, 0.1) is 11.8 Å². The Hall–Kier alpha value is -1.55. The molecule has 1 aromatic carbocycles. The van der Waals surface area contributed by atoms with E-state index in [1.165, 1.54) is 0 Å². The van der Waals surface area contributed by atoms with Crippen molar-refractivity contribution in [2.75, 3.05) is 24.5 Å². The number of rotatable bonds is 2. The molecular weight excluding hydrogens is 300 g/mol. The van der Waals surface area contributed by atoms with Gasteiger partial charge < -0.3 is 9.80 Å². The van der Waals surface area contributed by atoms with Crippen molar-refractivity contribution in [3.63, 3.8) is 0 Å². The van der Waals surface area contributed by atoms with Crippen LogP contribution in [-0.4, -0.2) is 36.3 Å². The van der Waals surface area contributed by atoms with Gasteiger partial charge in [0.1, 0.15) is 0 Å². The maximum atomic E-state index is 12.6. The SMILES string of the molecule is CC1CCN(C(=O)[C@H]2CC(=O)N(c3ccc(Cl)cc3)C2)CC1. The molecule has 3 rings (SSSR count). The summed E-state index contributed by atoms with van der Waals surface area (Å²) in [6.07, 6.45) is 2.44. The minimum Gasteiger partial charge on any atom is -0.342 e. The second kappa shape index (κ2) is 6.29. The second-order valence-corrected chi connectivity index (χ2v) is 6.83. The molecule has 2 heterocycles. The van der Waals surface area contributed by atoms with Crippen molar-refractivity contribution in [1.29, 1.82) is 0 Å². The summed E-state index contributed by atoms with van der Waals surface area (Å²) >= 11 is 5.88. The van der Waals surface area contributed by atoms with E-state index in [4.69, 9.17) is 11.6 Å². The maximum absolute atomic E-state index is 12.6. The standard InChI is InChI=1S/C17H21ClN2O2/c1-12-6-8-19(9-7-12)17(22)13-10-16(21)20(11-13)15-4-2-14(18)3-5-15/h2-5,12-13H,6-11H2,1H3/t13-/m0/s1. The minimum atomic E-state index is -0.211. The summed E-state index contributed by atoms with van der Waals surface area (Å²) in [6.45, 7) is 4.35. The van der Waals surface area contributed by atoms with Crippen LogP contribution in [0.1, 0.15) is 26.2 Å². The Morgan fingerprint density at radius 1 is 1.18 bits per heavy atom. The van der Waals surface area contributed by atoms with Crippen LogP contribution in [0.4, 0.5) is 5.69 Å². The van der Waals surface area contributed by atoms with Gasteiger partial charge in [0, 0.05) is 36.8 Å². The molecule has 0 N–H and O–H groups in total. The second-order valence-electron chi connectivity index (χ2n) is 6.39. The lowest BCUT2D eigenvalue weighted by molar-refractivity contribution is -0.137. The zero-order chi connectivity index (χ0) is 15.7. The number of hydrogen-bond acceptors (Lipinski definition) is 2. The van der Waals surface area contributed by atoms with E-state index in [0.29, 0.717) is 23.9 Å². The number of piperidine rings is 1. The average molecular weight is 321 g/mol. The molecule has 2 amide bonds. The summed E-state index contributed by atoms with van der Waals surface area (Å²) in [5, 5.41) is 0.644. The van der Waals surface area contributed by atoms with E-state index >= 15 is 0 Å². The monoisotopic (exact) mass is 320 g/mol. The van der Waals surface area contributed by atoms with E-state index in [1.807, 2.05) is 17.0 Å². The van der Waals surface area contributed by atoms with Gasteiger partial charge in [-0.3, -0.25) is 9.59 Å². The van der Waals surface area contributed by atoms with Crippen LogP contribution in [0.2, 0.25) is 5.02 Å². The van der Waals surface area contributed by atoms with Crippen molar-refractivity contribution in [3.8, 4) is 0 Å². The van der Waals surface area contributed by atoms with Gasteiger partial charge in [-0.25, -0.2) is 0 Å². The fourth-order valence-electron chi connectivity index (χ4n) is 3.23. The number of carbonyl (C=O) groups is 2. The van der Waals surface area contributed by atoms with Crippen LogP contribution in [0.5, 0.6) is 0 Å². The first-order valence-corrected chi connectivity index (χ1v) is 8.27. The fourth-order valence-corrected chi connectivity index (χ4v) is 3.36. The van der Waals surface area contributed by atoms with E-state index in [9.17, 15) is 9.59 Å².